The first-order valence-electron chi connectivity index (χ1n) is 3.00. The number of alkyl halides is 9. The Kier molecular flexibility index (Phi) is 5.09. The summed E-state index contributed by atoms with van der Waals surface area (Å²) < 4.78 is 124. The predicted molar refractivity (Wildman–Crippen MR) is 36.7 cm³/mol. The largest absolute Gasteiger partial charge is 0.460 e. The van der Waals surface area contributed by atoms with Crippen molar-refractivity contribution in [1.29, 1.82) is 0 Å². The smallest absolute Gasteiger partial charge is 0.344 e. The van der Waals surface area contributed by atoms with Gasteiger partial charge >= 0.3 is 23.3 Å². The zero-order valence-corrected chi connectivity index (χ0v) is 8.19. The second kappa shape index (κ2) is 4.61. The summed E-state index contributed by atoms with van der Waals surface area (Å²) in [5.41, 5.74) is 0. The predicted octanol–water partition coefficient (Wildman–Crippen LogP) is 2.80. The molecule has 0 radical (unpaired) electrons. The molecule has 0 rings (SSSR count). The Balaban J connectivity index is 0. The van der Waals surface area contributed by atoms with Gasteiger partial charge in [0, 0.05) is 0 Å². The minimum atomic E-state index is -7.14. The van der Waals surface area contributed by atoms with E-state index in [1.54, 1.807) is 0 Å². The molecule has 0 spiro atoms. The van der Waals surface area contributed by atoms with Crippen LogP contribution in [0.5, 0.6) is 0 Å². The monoisotopic (exact) mass is 301 g/mol. The van der Waals surface area contributed by atoms with Gasteiger partial charge in [-0.1, -0.05) is 0 Å². The highest BCUT2D eigenvalue weighted by atomic mass is 32.2. The first kappa shape index (κ1) is 18.8. The number of halogens is 9. The molecule has 0 aromatic carbocycles. The van der Waals surface area contributed by atoms with E-state index in [0.29, 0.717) is 0 Å². The average Bonchev–Trinajstić information content (AvgIpc) is 2.00. The van der Waals surface area contributed by atoms with Gasteiger partial charge in [-0.3, -0.25) is 0 Å². The molecule has 0 aromatic heterocycles. The fraction of sp³-hybridized carbons (Fsp3) is 1.00. The van der Waals surface area contributed by atoms with Gasteiger partial charge in [-0.25, -0.2) is 4.21 Å². The molecule has 106 valence electrons. The van der Waals surface area contributed by atoms with Gasteiger partial charge in [0.25, 0.3) is 0 Å². The zero-order chi connectivity index (χ0) is 13.6. The van der Waals surface area contributed by atoms with Gasteiger partial charge in [0.1, 0.15) is 0 Å². The van der Waals surface area contributed by atoms with Gasteiger partial charge in [-0.15, -0.1) is 0 Å². The molecule has 1 unspecified atom stereocenters. The lowest BCUT2D eigenvalue weighted by molar-refractivity contribution is -0.382. The average molecular weight is 301 g/mol. The molecule has 1 atom stereocenters. The van der Waals surface area contributed by atoms with E-state index in [0.717, 1.165) is 0 Å². The number of hydrogen-bond acceptors (Lipinski definition) is 2. The van der Waals surface area contributed by atoms with E-state index in [2.05, 4.69) is 0 Å². The van der Waals surface area contributed by atoms with Crippen molar-refractivity contribution in [3.8, 4) is 0 Å². The van der Waals surface area contributed by atoms with Crippen LogP contribution in [0, 0.1) is 0 Å². The molecular weight excluding hydrogens is 297 g/mol. The Morgan fingerprint density at radius 3 is 1.24 bits per heavy atom. The van der Waals surface area contributed by atoms with E-state index >= 15 is 0 Å². The molecule has 13 heteroatoms. The minimum Gasteiger partial charge on any atom is -0.344 e. The Labute approximate surface area is 89.8 Å². The molecule has 0 heterocycles. The third-order valence-corrected chi connectivity index (χ3v) is 2.03. The van der Waals surface area contributed by atoms with Crippen LogP contribution in [0.4, 0.5) is 39.5 Å². The Morgan fingerprint density at radius 1 is 0.765 bits per heavy atom. The lowest BCUT2D eigenvalue weighted by Gasteiger charge is -2.31. The summed E-state index contributed by atoms with van der Waals surface area (Å²) >= 11 is -4.89. The molecule has 0 aliphatic heterocycles. The van der Waals surface area contributed by atoms with Crippen molar-refractivity contribution in [3.63, 3.8) is 0 Å². The van der Waals surface area contributed by atoms with E-state index in [9.17, 15) is 43.7 Å². The van der Waals surface area contributed by atoms with Crippen molar-refractivity contribution in [2.75, 3.05) is 0 Å². The maximum Gasteiger partial charge on any atom is 0.460 e. The summed E-state index contributed by atoms with van der Waals surface area (Å²) in [6.07, 6.45) is -6.99. The number of rotatable bonds is 3. The summed E-state index contributed by atoms with van der Waals surface area (Å²) in [7, 11) is 0. The fourth-order valence-corrected chi connectivity index (χ4v) is 0.818. The van der Waals surface area contributed by atoms with Crippen molar-refractivity contribution in [2.24, 2.45) is 0 Å². The molecule has 4 N–H and O–H groups in total. The SMILES string of the molecule is N.O=S(O)C(F)(F)C(F)(F)C(F)(F)C(F)(F)F. The standard InChI is InChI=1S/C4HF9O2S.H3N/c5-1(6,3(9,10)11)2(7,8)4(12,13)16(14)15;/h(H,14,15);1H3. The van der Waals surface area contributed by atoms with Crippen LogP contribution in [0.2, 0.25) is 0 Å². The molecule has 0 aliphatic rings. The highest BCUT2D eigenvalue weighted by Gasteiger charge is 2.83. The molecule has 0 saturated heterocycles. The highest BCUT2D eigenvalue weighted by molar-refractivity contribution is 7.80. The second-order valence-electron chi connectivity index (χ2n) is 2.41. The summed E-state index contributed by atoms with van der Waals surface area (Å²) in [4.78, 5) is 0. The van der Waals surface area contributed by atoms with Crippen molar-refractivity contribution in [3.05, 3.63) is 0 Å². The van der Waals surface area contributed by atoms with E-state index in [-0.39, 0.29) is 6.15 Å². The van der Waals surface area contributed by atoms with Crippen LogP contribution in [0.3, 0.4) is 0 Å². The van der Waals surface area contributed by atoms with Crippen LogP contribution in [-0.2, 0) is 11.1 Å². The lowest BCUT2D eigenvalue weighted by atomic mass is 10.1. The quantitative estimate of drug-likeness (QED) is 0.622. The molecule has 0 saturated carbocycles. The lowest BCUT2D eigenvalue weighted by Crippen LogP contribution is -2.62. The van der Waals surface area contributed by atoms with E-state index < -0.39 is 34.4 Å². The minimum absolute atomic E-state index is 0. The van der Waals surface area contributed by atoms with Gasteiger partial charge in [-0.2, -0.15) is 39.5 Å². The van der Waals surface area contributed by atoms with Crippen LogP contribution >= 0.6 is 0 Å². The van der Waals surface area contributed by atoms with Gasteiger partial charge < -0.3 is 10.7 Å². The van der Waals surface area contributed by atoms with Crippen molar-refractivity contribution < 1.29 is 48.3 Å². The van der Waals surface area contributed by atoms with Crippen molar-refractivity contribution in [1.82, 2.24) is 6.15 Å². The van der Waals surface area contributed by atoms with Gasteiger partial charge in [0.15, 0.2) is 0 Å². The maximum absolute atomic E-state index is 12.2. The van der Waals surface area contributed by atoms with E-state index in [1.807, 2.05) is 0 Å². The fourth-order valence-electron chi connectivity index (χ4n) is 0.470. The van der Waals surface area contributed by atoms with Crippen LogP contribution in [-0.4, -0.2) is 32.0 Å². The first-order valence-corrected chi connectivity index (χ1v) is 4.11. The summed E-state index contributed by atoms with van der Waals surface area (Å²) in [5, 5.41) is -6.44. The third-order valence-electron chi connectivity index (χ3n) is 1.34. The van der Waals surface area contributed by atoms with E-state index in [1.165, 1.54) is 0 Å². The molecule has 0 bridgehead atoms. The van der Waals surface area contributed by atoms with Crippen LogP contribution in [0.25, 0.3) is 0 Å². The zero-order valence-electron chi connectivity index (χ0n) is 7.37. The Hall–Kier alpha value is -0.560. The van der Waals surface area contributed by atoms with Crippen LogP contribution in [0.15, 0.2) is 0 Å². The second-order valence-corrected chi connectivity index (χ2v) is 3.42. The Bertz CT molecular complexity index is 300. The molecule has 0 amide bonds. The topological polar surface area (TPSA) is 72.3 Å². The van der Waals surface area contributed by atoms with Crippen molar-refractivity contribution >= 4 is 11.1 Å². The van der Waals surface area contributed by atoms with Gasteiger partial charge in [0.05, 0.1) is 0 Å². The van der Waals surface area contributed by atoms with Crippen molar-refractivity contribution in [2.45, 2.75) is 23.3 Å². The highest BCUT2D eigenvalue weighted by Crippen LogP contribution is 2.53. The summed E-state index contributed by atoms with van der Waals surface area (Å²) in [6, 6.07) is 0. The summed E-state index contributed by atoms with van der Waals surface area (Å²) in [5.74, 6) is -14.2. The molecule has 17 heavy (non-hydrogen) atoms. The van der Waals surface area contributed by atoms with Gasteiger partial charge in [-0.05, 0) is 0 Å². The van der Waals surface area contributed by atoms with Gasteiger partial charge in [0.2, 0.25) is 11.1 Å². The molecular formula is C4H4F9NO2S. The molecule has 3 nitrogen and oxygen atoms in total. The number of hydrogen-bond donors (Lipinski definition) is 2. The normalized spacial score (nSPS) is 16.4. The molecule has 0 aliphatic carbocycles. The maximum atomic E-state index is 12.2. The third kappa shape index (κ3) is 2.65. The first-order chi connectivity index (χ1) is 6.69. The molecule has 0 aromatic rings. The Morgan fingerprint density at radius 2 is 1.06 bits per heavy atom. The molecule has 0 fully saturated rings. The van der Waals surface area contributed by atoms with Crippen LogP contribution < -0.4 is 6.15 Å². The van der Waals surface area contributed by atoms with Crippen LogP contribution in [0.1, 0.15) is 0 Å². The van der Waals surface area contributed by atoms with E-state index in [4.69, 9.17) is 4.55 Å². The summed E-state index contributed by atoms with van der Waals surface area (Å²) in [6.45, 7) is 0.